The molecule has 1 heterocycles. The van der Waals surface area contributed by atoms with E-state index in [9.17, 15) is 5.11 Å². The van der Waals surface area contributed by atoms with Gasteiger partial charge in [-0.05, 0) is 12.5 Å². The Morgan fingerprint density at radius 1 is 1.56 bits per heavy atom. The van der Waals surface area contributed by atoms with Gasteiger partial charge in [0, 0.05) is 11.1 Å². The van der Waals surface area contributed by atoms with Crippen molar-refractivity contribution in [2.45, 2.75) is 13.5 Å². The highest BCUT2D eigenvalue weighted by Crippen LogP contribution is 2.41. The van der Waals surface area contributed by atoms with E-state index in [1.807, 2.05) is 0 Å². The maximum atomic E-state index is 10.1. The summed E-state index contributed by atoms with van der Waals surface area (Å²) in [4.78, 5) is 4.06. The summed E-state index contributed by atoms with van der Waals surface area (Å²) in [7, 11) is 1.44. The molecule has 1 aromatic carbocycles. The van der Waals surface area contributed by atoms with Crippen LogP contribution >= 0.6 is 11.6 Å². The first-order valence-corrected chi connectivity index (χ1v) is 5.55. The summed E-state index contributed by atoms with van der Waals surface area (Å²) in [6, 6.07) is 1.53. The van der Waals surface area contributed by atoms with E-state index in [2.05, 4.69) is 10.1 Å². The van der Waals surface area contributed by atoms with Crippen molar-refractivity contribution in [1.82, 2.24) is 10.1 Å². The Bertz CT molecular complexity index is 583. The van der Waals surface area contributed by atoms with E-state index in [1.165, 1.54) is 13.2 Å². The zero-order valence-corrected chi connectivity index (χ0v) is 10.7. The van der Waals surface area contributed by atoms with Crippen LogP contribution < -0.4 is 10.5 Å². The highest BCUT2D eigenvalue weighted by Gasteiger charge is 2.20. The topological polar surface area (TPSA) is 94.4 Å². The Hall–Kier alpha value is -1.79. The van der Waals surface area contributed by atoms with Gasteiger partial charge in [0.1, 0.15) is 0 Å². The van der Waals surface area contributed by atoms with E-state index in [1.54, 1.807) is 6.92 Å². The number of nitrogens with two attached hydrogens (primary N) is 1. The van der Waals surface area contributed by atoms with Crippen LogP contribution in [0.25, 0.3) is 11.4 Å². The van der Waals surface area contributed by atoms with Crippen LogP contribution in [0.3, 0.4) is 0 Å². The highest BCUT2D eigenvalue weighted by molar-refractivity contribution is 6.32. The summed E-state index contributed by atoms with van der Waals surface area (Å²) < 4.78 is 9.94. The first kappa shape index (κ1) is 12.7. The van der Waals surface area contributed by atoms with Crippen molar-refractivity contribution >= 4 is 11.6 Å². The van der Waals surface area contributed by atoms with E-state index < -0.39 is 0 Å². The zero-order valence-electron chi connectivity index (χ0n) is 9.90. The third kappa shape index (κ3) is 2.00. The van der Waals surface area contributed by atoms with Gasteiger partial charge in [-0.25, -0.2) is 0 Å². The molecule has 0 spiro atoms. The van der Waals surface area contributed by atoms with Gasteiger partial charge in [0.25, 0.3) is 0 Å². The lowest BCUT2D eigenvalue weighted by molar-refractivity contribution is 0.372. The molecule has 0 aliphatic heterocycles. The minimum Gasteiger partial charge on any atom is -0.504 e. The maximum Gasteiger partial charge on any atom is 0.240 e. The summed E-state index contributed by atoms with van der Waals surface area (Å²) in [6.07, 6.45) is 0. The second kappa shape index (κ2) is 4.83. The predicted molar refractivity (Wildman–Crippen MR) is 65.6 cm³/mol. The van der Waals surface area contributed by atoms with Gasteiger partial charge in [-0.3, -0.25) is 0 Å². The Labute approximate surface area is 108 Å². The number of aromatic hydroxyl groups is 1. The number of phenols is 1. The van der Waals surface area contributed by atoms with Crippen LogP contribution in [0.15, 0.2) is 10.6 Å². The van der Waals surface area contributed by atoms with Crippen LogP contribution in [-0.4, -0.2) is 22.4 Å². The lowest BCUT2D eigenvalue weighted by atomic mass is 10.1. The summed E-state index contributed by atoms with van der Waals surface area (Å²) in [5.41, 5.74) is 6.41. The van der Waals surface area contributed by atoms with Gasteiger partial charge >= 0.3 is 0 Å². The molecule has 0 radical (unpaired) electrons. The van der Waals surface area contributed by atoms with E-state index >= 15 is 0 Å². The first-order chi connectivity index (χ1) is 8.58. The van der Waals surface area contributed by atoms with Gasteiger partial charge in [-0.1, -0.05) is 16.8 Å². The molecule has 0 amide bonds. The standard InChI is InChI=1S/C11H12ClN3O3/c1-5-6(12)3-7(17-2)10(16)9(5)11-14-8(4-13)18-15-11/h3,16H,4,13H2,1-2H3. The number of nitrogens with zero attached hydrogens (tertiary/aromatic N) is 2. The molecule has 0 aliphatic rings. The summed E-state index contributed by atoms with van der Waals surface area (Å²) in [5.74, 6) is 0.678. The molecule has 18 heavy (non-hydrogen) atoms. The Balaban J connectivity index is 2.65. The fraction of sp³-hybridized carbons (Fsp3) is 0.273. The average molecular weight is 270 g/mol. The molecule has 3 N–H and O–H groups in total. The average Bonchev–Trinajstić information content (AvgIpc) is 2.82. The van der Waals surface area contributed by atoms with Crippen molar-refractivity contribution in [2.75, 3.05) is 7.11 Å². The van der Waals surface area contributed by atoms with Crippen molar-refractivity contribution in [1.29, 1.82) is 0 Å². The van der Waals surface area contributed by atoms with Crippen LogP contribution in [-0.2, 0) is 6.54 Å². The number of hydrogen-bond acceptors (Lipinski definition) is 6. The second-order valence-electron chi connectivity index (χ2n) is 3.63. The smallest absolute Gasteiger partial charge is 0.240 e. The Kier molecular flexibility index (Phi) is 3.40. The van der Waals surface area contributed by atoms with Gasteiger partial charge < -0.3 is 20.1 Å². The number of rotatable bonds is 3. The molecule has 7 heteroatoms. The van der Waals surface area contributed by atoms with Crippen LogP contribution in [0.2, 0.25) is 5.02 Å². The number of halogens is 1. The number of benzene rings is 1. The third-order valence-electron chi connectivity index (χ3n) is 2.55. The lowest BCUT2D eigenvalue weighted by Gasteiger charge is -2.10. The van der Waals surface area contributed by atoms with E-state index in [0.717, 1.165) is 0 Å². The molecule has 0 aliphatic carbocycles. The third-order valence-corrected chi connectivity index (χ3v) is 2.94. The fourth-order valence-electron chi connectivity index (χ4n) is 1.58. The lowest BCUT2D eigenvalue weighted by Crippen LogP contribution is -1.96. The molecule has 0 atom stereocenters. The number of aromatic nitrogens is 2. The SMILES string of the molecule is COc1cc(Cl)c(C)c(-c2noc(CN)n2)c1O. The zero-order chi connectivity index (χ0) is 13.3. The van der Waals surface area contributed by atoms with Gasteiger partial charge in [0.2, 0.25) is 11.7 Å². The number of phenolic OH excluding ortho intramolecular Hbond substituents is 1. The first-order valence-electron chi connectivity index (χ1n) is 5.17. The molecular formula is C11H12ClN3O3. The van der Waals surface area contributed by atoms with E-state index in [-0.39, 0.29) is 29.8 Å². The largest absolute Gasteiger partial charge is 0.504 e. The Morgan fingerprint density at radius 2 is 2.28 bits per heavy atom. The van der Waals surface area contributed by atoms with Crippen molar-refractivity contribution in [3.05, 3.63) is 22.5 Å². The van der Waals surface area contributed by atoms with Crippen LogP contribution in [0.5, 0.6) is 11.5 Å². The summed E-state index contributed by atoms with van der Waals surface area (Å²) >= 11 is 6.06. The van der Waals surface area contributed by atoms with Gasteiger partial charge in [0.05, 0.1) is 19.2 Å². The van der Waals surface area contributed by atoms with E-state index in [4.69, 9.17) is 26.6 Å². The minimum atomic E-state index is -0.0798. The summed E-state index contributed by atoms with van der Waals surface area (Å²) in [6.45, 7) is 1.87. The molecule has 0 fully saturated rings. The van der Waals surface area contributed by atoms with Crippen LogP contribution in [0.4, 0.5) is 0 Å². The highest BCUT2D eigenvalue weighted by atomic mass is 35.5. The van der Waals surface area contributed by atoms with E-state index in [0.29, 0.717) is 16.1 Å². The van der Waals surface area contributed by atoms with Crippen molar-refractivity contribution < 1.29 is 14.4 Å². The molecule has 0 saturated heterocycles. The van der Waals surface area contributed by atoms with Gasteiger partial charge in [-0.2, -0.15) is 4.98 Å². The van der Waals surface area contributed by atoms with Crippen LogP contribution in [0, 0.1) is 6.92 Å². The van der Waals surface area contributed by atoms with Crippen LogP contribution in [0.1, 0.15) is 11.5 Å². The molecule has 0 unspecified atom stereocenters. The molecule has 0 saturated carbocycles. The Morgan fingerprint density at radius 3 is 2.83 bits per heavy atom. The quantitative estimate of drug-likeness (QED) is 0.883. The fourth-order valence-corrected chi connectivity index (χ4v) is 1.77. The maximum absolute atomic E-state index is 10.1. The number of methoxy groups -OCH3 is 1. The predicted octanol–water partition coefficient (Wildman–Crippen LogP) is 1.87. The minimum absolute atomic E-state index is 0.0798. The molecule has 2 aromatic rings. The summed E-state index contributed by atoms with van der Waals surface area (Å²) in [5, 5.41) is 14.3. The number of hydrogen-bond donors (Lipinski definition) is 2. The molecule has 96 valence electrons. The molecular weight excluding hydrogens is 258 g/mol. The van der Waals surface area contributed by atoms with Gasteiger partial charge in [-0.15, -0.1) is 0 Å². The molecule has 6 nitrogen and oxygen atoms in total. The monoisotopic (exact) mass is 269 g/mol. The molecule has 0 bridgehead atoms. The normalized spacial score (nSPS) is 10.7. The van der Waals surface area contributed by atoms with Crippen molar-refractivity contribution in [2.24, 2.45) is 5.73 Å². The molecule has 1 aromatic heterocycles. The van der Waals surface area contributed by atoms with Crippen molar-refractivity contribution in [3.63, 3.8) is 0 Å². The molecule has 2 rings (SSSR count). The van der Waals surface area contributed by atoms with Gasteiger partial charge in [0.15, 0.2) is 11.5 Å². The number of ether oxygens (including phenoxy) is 1. The second-order valence-corrected chi connectivity index (χ2v) is 4.03. The van der Waals surface area contributed by atoms with Crippen molar-refractivity contribution in [3.8, 4) is 22.9 Å².